The van der Waals surface area contributed by atoms with Gasteiger partial charge in [-0.3, -0.25) is 4.79 Å². The smallest absolute Gasteiger partial charge is 0.224 e. The summed E-state index contributed by atoms with van der Waals surface area (Å²) in [6.45, 7) is 5.99. The highest BCUT2D eigenvalue weighted by molar-refractivity contribution is 5.80. The lowest BCUT2D eigenvalue weighted by Gasteiger charge is -2.21. The van der Waals surface area contributed by atoms with Crippen LogP contribution in [0, 0.1) is 5.41 Å². The molecule has 82 valence electrons. The first-order chi connectivity index (χ1) is 6.52. The van der Waals surface area contributed by atoms with E-state index in [0.717, 1.165) is 26.0 Å². The fraction of sp³-hybridized carbons (Fsp3) is 0.900. The van der Waals surface area contributed by atoms with Gasteiger partial charge in [0.15, 0.2) is 0 Å². The maximum atomic E-state index is 11.0. The SMILES string of the molecule is CC(C)(CNCC1CCCO1)C(N)=O. The largest absolute Gasteiger partial charge is 0.377 e. The Morgan fingerprint density at radius 3 is 2.86 bits per heavy atom. The van der Waals surface area contributed by atoms with E-state index in [-0.39, 0.29) is 5.91 Å². The predicted molar refractivity (Wildman–Crippen MR) is 54.8 cm³/mol. The van der Waals surface area contributed by atoms with Crippen molar-refractivity contribution >= 4 is 5.91 Å². The molecule has 1 fully saturated rings. The summed E-state index contributed by atoms with van der Waals surface area (Å²) in [4.78, 5) is 11.0. The number of primary amides is 1. The Morgan fingerprint density at radius 2 is 2.36 bits per heavy atom. The van der Waals surface area contributed by atoms with Crippen molar-refractivity contribution in [3.05, 3.63) is 0 Å². The van der Waals surface area contributed by atoms with Gasteiger partial charge in [0.25, 0.3) is 0 Å². The van der Waals surface area contributed by atoms with Crippen LogP contribution in [0.15, 0.2) is 0 Å². The van der Waals surface area contributed by atoms with E-state index in [2.05, 4.69) is 5.32 Å². The summed E-state index contributed by atoms with van der Waals surface area (Å²) in [6.07, 6.45) is 2.58. The maximum absolute atomic E-state index is 11.0. The third kappa shape index (κ3) is 3.27. The summed E-state index contributed by atoms with van der Waals surface area (Å²) in [5, 5.41) is 3.22. The molecule has 4 heteroatoms. The number of carbonyl (C=O) groups excluding carboxylic acids is 1. The molecule has 0 spiro atoms. The molecule has 1 unspecified atom stereocenters. The first-order valence-electron chi connectivity index (χ1n) is 5.14. The Kier molecular flexibility index (Phi) is 3.89. The molecular weight excluding hydrogens is 180 g/mol. The highest BCUT2D eigenvalue weighted by Crippen LogP contribution is 2.14. The lowest BCUT2D eigenvalue weighted by atomic mass is 9.93. The number of carbonyl (C=O) groups is 1. The van der Waals surface area contributed by atoms with Gasteiger partial charge in [-0.15, -0.1) is 0 Å². The van der Waals surface area contributed by atoms with E-state index in [1.807, 2.05) is 13.8 Å². The molecule has 0 radical (unpaired) electrons. The number of nitrogens with two attached hydrogens (primary N) is 1. The van der Waals surface area contributed by atoms with Crippen molar-refractivity contribution in [1.29, 1.82) is 0 Å². The molecule has 1 heterocycles. The normalized spacial score (nSPS) is 22.6. The maximum Gasteiger partial charge on any atom is 0.224 e. The second-order valence-corrected chi connectivity index (χ2v) is 4.51. The minimum absolute atomic E-state index is 0.266. The van der Waals surface area contributed by atoms with Gasteiger partial charge in [0.05, 0.1) is 11.5 Å². The van der Waals surface area contributed by atoms with Crippen molar-refractivity contribution in [1.82, 2.24) is 5.32 Å². The molecule has 1 atom stereocenters. The van der Waals surface area contributed by atoms with Crippen LogP contribution in [0.2, 0.25) is 0 Å². The Morgan fingerprint density at radius 1 is 1.64 bits per heavy atom. The van der Waals surface area contributed by atoms with Gasteiger partial charge in [0.1, 0.15) is 0 Å². The van der Waals surface area contributed by atoms with Gasteiger partial charge < -0.3 is 15.8 Å². The summed E-state index contributed by atoms with van der Waals surface area (Å²) >= 11 is 0. The van der Waals surface area contributed by atoms with Crippen molar-refractivity contribution in [2.75, 3.05) is 19.7 Å². The van der Waals surface area contributed by atoms with Gasteiger partial charge in [-0.2, -0.15) is 0 Å². The summed E-state index contributed by atoms with van der Waals surface area (Å²) in [5.74, 6) is -0.266. The van der Waals surface area contributed by atoms with E-state index in [4.69, 9.17) is 10.5 Å². The molecule has 0 aromatic rings. The van der Waals surface area contributed by atoms with Gasteiger partial charge in [-0.05, 0) is 26.7 Å². The average molecular weight is 200 g/mol. The molecule has 0 bridgehead atoms. The number of rotatable bonds is 5. The monoisotopic (exact) mass is 200 g/mol. The highest BCUT2D eigenvalue weighted by Gasteiger charge is 2.25. The zero-order valence-electron chi connectivity index (χ0n) is 9.01. The van der Waals surface area contributed by atoms with Gasteiger partial charge in [-0.1, -0.05) is 0 Å². The molecule has 0 saturated carbocycles. The van der Waals surface area contributed by atoms with Gasteiger partial charge in [0.2, 0.25) is 5.91 Å². The number of hydrogen-bond acceptors (Lipinski definition) is 3. The number of ether oxygens (including phenoxy) is 1. The first-order valence-corrected chi connectivity index (χ1v) is 5.14. The Labute approximate surface area is 85.2 Å². The lowest BCUT2D eigenvalue weighted by molar-refractivity contribution is -0.125. The molecule has 0 aromatic heterocycles. The van der Waals surface area contributed by atoms with Crippen LogP contribution in [-0.4, -0.2) is 31.7 Å². The van der Waals surface area contributed by atoms with E-state index in [0.29, 0.717) is 12.6 Å². The lowest BCUT2D eigenvalue weighted by Crippen LogP contribution is -2.42. The van der Waals surface area contributed by atoms with Crippen LogP contribution in [0.1, 0.15) is 26.7 Å². The molecule has 0 aliphatic carbocycles. The molecular formula is C10H20N2O2. The molecule has 1 aliphatic rings. The van der Waals surface area contributed by atoms with Crippen LogP contribution in [0.3, 0.4) is 0 Å². The van der Waals surface area contributed by atoms with Crippen LogP contribution in [0.25, 0.3) is 0 Å². The summed E-state index contributed by atoms with van der Waals surface area (Å²) < 4.78 is 5.45. The number of nitrogens with one attached hydrogen (secondary N) is 1. The van der Waals surface area contributed by atoms with Crippen LogP contribution < -0.4 is 11.1 Å². The standard InChI is InChI=1S/C10H20N2O2/c1-10(2,9(11)13)7-12-6-8-4-3-5-14-8/h8,12H,3-7H2,1-2H3,(H2,11,13). The van der Waals surface area contributed by atoms with E-state index >= 15 is 0 Å². The summed E-state index contributed by atoms with van der Waals surface area (Å²) in [7, 11) is 0. The third-order valence-electron chi connectivity index (χ3n) is 2.63. The Hall–Kier alpha value is -0.610. The molecule has 3 N–H and O–H groups in total. The number of hydrogen-bond donors (Lipinski definition) is 2. The van der Waals surface area contributed by atoms with E-state index in [9.17, 15) is 4.79 Å². The van der Waals surface area contributed by atoms with E-state index in [1.54, 1.807) is 0 Å². The minimum atomic E-state index is -0.474. The average Bonchev–Trinajstić information content (AvgIpc) is 2.56. The second-order valence-electron chi connectivity index (χ2n) is 4.51. The van der Waals surface area contributed by atoms with Crippen LogP contribution in [0.4, 0.5) is 0 Å². The fourth-order valence-electron chi connectivity index (χ4n) is 1.44. The third-order valence-corrected chi connectivity index (χ3v) is 2.63. The molecule has 1 amide bonds. The molecule has 1 saturated heterocycles. The fourth-order valence-corrected chi connectivity index (χ4v) is 1.44. The zero-order chi connectivity index (χ0) is 10.6. The van der Waals surface area contributed by atoms with Crippen LogP contribution in [0.5, 0.6) is 0 Å². The Balaban J connectivity index is 2.16. The summed E-state index contributed by atoms with van der Waals surface area (Å²) in [5.41, 5.74) is 4.78. The van der Waals surface area contributed by atoms with Gasteiger partial charge >= 0.3 is 0 Å². The molecule has 1 aliphatic heterocycles. The van der Waals surface area contributed by atoms with E-state index < -0.39 is 5.41 Å². The topological polar surface area (TPSA) is 64.3 Å². The molecule has 0 aromatic carbocycles. The van der Waals surface area contributed by atoms with Crippen molar-refractivity contribution in [3.8, 4) is 0 Å². The second kappa shape index (κ2) is 4.75. The van der Waals surface area contributed by atoms with Gasteiger partial charge in [-0.25, -0.2) is 0 Å². The van der Waals surface area contributed by atoms with E-state index in [1.165, 1.54) is 0 Å². The molecule has 14 heavy (non-hydrogen) atoms. The van der Waals surface area contributed by atoms with Crippen LogP contribution >= 0.6 is 0 Å². The number of amides is 1. The van der Waals surface area contributed by atoms with Crippen molar-refractivity contribution in [2.24, 2.45) is 11.1 Å². The minimum Gasteiger partial charge on any atom is -0.377 e. The van der Waals surface area contributed by atoms with Crippen LogP contribution in [-0.2, 0) is 9.53 Å². The van der Waals surface area contributed by atoms with Crippen molar-refractivity contribution < 1.29 is 9.53 Å². The molecule has 1 rings (SSSR count). The zero-order valence-corrected chi connectivity index (χ0v) is 9.01. The molecule has 4 nitrogen and oxygen atoms in total. The van der Waals surface area contributed by atoms with Gasteiger partial charge in [0, 0.05) is 19.7 Å². The van der Waals surface area contributed by atoms with Crippen molar-refractivity contribution in [3.63, 3.8) is 0 Å². The van der Waals surface area contributed by atoms with Crippen molar-refractivity contribution in [2.45, 2.75) is 32.8 Å². The summed E-state index contributed by atoms with van der Waals surface area (Å²) in [6, 6.07) is 0. The Bertz CT molecular complexity index is 198. The first kappa shape index (κ1) is 11.5. The quantitative estimate of drug-likeness (QED) is 0.669. The highest BCUT2D eigenvalue weighted by atomic mass is 16.5. The predicted octanol–water partition coefficient (Wildman–Crippen LogP) is 0.267.